The van der Waals surface area contributed by atoms with E-state index in [1.54, 1.807) is 0 Å². The molecule has 2 aromatic rings. The Morgan fingerprint density at radius 2 is 0.760 bits per heavy atom. The summed E-state index contributed by atoms with van der Waals surface area (Å²) in [4.78, 5) is 41.2. The number of carboxylic acid groups (broad SMARTS) is 4. The fourth-order valence-corrected chi connectivity index (χ4v) is 1.50. The smallest absolute Gasteiger partial charge is 0.335 e. The first-order valence-electron chi connectivity index (χ1n) is 6.33. The molecule has 0 heterocycles. The number of aromatic carboxylic acids is 4. The summed E-state index contributed by atoms with van der Waals surface area (Å²) < 4.78 is 0. The quantitative estimate of drug-likeness (QED) is 0.495. The van der Waals surface area contributed by atoms with Crippen LogP contribution in [0.3, 0.4) is 0 Å². The Balaban J connectivity index is 0.000000443. The Labute approximate surface area is 173 Å². The van der Waals surface area contributed by atoms with Crippen LogP contribution >= 0.6 is 0 Å². The number of carboxylic acids is 4. The monoisotopic (exact) mass is 563 g/mol. The number of hydrogen-bond donors (Lipinski definition) is 3. The van der Waals surface area contributed by atoms with Gasteiger partial charge in [-0.1, -0.05) is 12.1 Å². The van der Waals surface area contributed by atoms with Gasteiger partial charge in [-0.15, -0.1) is 0 Å². The van der Waals surface area contributed by atoms with Crippen molar-refractivity contribution in [2.24, 2.45) is 0 Å². The van der Waals surface area contributed by atoms with Gasteiger partial charge in [0.1, 0.15) is 0 Å². The van der Waals surface area contributed by atoms with Crippen LogP contribution in [-0.2, 0) is 0 Å². The molecule has 0 aromatic heterocycles. The van der Waals surface area contributed by atoms with Crippen molar-refractivity contribution in [2.75, 3.05) is 0 Å². The predicted molar refractivity (Wildman–Crippen MR) is 78.1 cm³/mol. The van der Waals surface area contributed by atoms with Crippen molar-refractivity contribution < 1.29 is 79.5 Å². The first-order valence-corrected chi connectivity index (χ1v) is 6.33. The van der Waals surface area contributed by atoms with E-state index in [4.69, 9.17) is 15.3 Å². The van der Waals surface area contributed by atoms with E-state index in [0.717, 1.165) is 0 Å². The maximum absolute atomic E-state index is 10.3. The van der Waals surface area contributed by atoms with Crippen LogP contribution in [0.25, 0.3) is 0 Å². The number of carbonyl (C=O) groups excluding carboxylic acids is 1. The zero-order valence-corrected chi connectivity index (χ0v) is 16.6. The van der Waals surface area contributed by atoms with E-state index in [1.807, 2.05) is 0 Å². The first kappa shape index (κ1) is 22.6. The van der Waals surface area contributed by atoms with Crippen LogP contribution in [0.4, 0.5) is 0 Å². The molecular weight excluding hydrogens is 552 g/mol. The van der Waals surface area contributed by atoms with E-state index in [2.05, 4.69) is 0 Å². The van der Waals surface area contributed by atoms with E-state index < -0.39 is 23.9 Å². The molecule has 0 bridgehead atoms. The van der Waals surface area contributed by atoms with Gasteiger partial charge in [-0.2, -0.15) is 0 Å². The van der Waals surface area contributed by atoms with Crippen molar-refractivity contribution in [3.8, 4) is 0 Å². The maximum Gasteiger partial charge on any atom is 0.335 e. The van der Waals surface area contributed by atoms with E-state index >= 15 is 0 Å². The fraction of sp³-hybridized carbons (Fsp3) is 0. The molecule has 3 N–H and O–H groups in total. The molecule has 0 amide bonds. The minimum Gasteiger partial charge on any atom is -0.545 e. The van der Waals surface area contributed by atoms with E-state index in [1.165, 1.54) is 48.5 Å². The number of benzene rings is 2. The molecule has 2 rings (SSSR count). The van der Waals surface area contributed by atoms with E-state index in [9.17, 15) is 24.3 Å². The van der Waals surface area contributed by atoms with Crippen LogP contribution in [0.1, 0.15) is 41.4 Å². The third kappa shape index (κ3) is 7.38. The molecule has 0 atom stereocenters. The predicted octanol–water partition coefficient (Wildman–Crippen LogP) is 0.831. The van der Waals surface area contributed by atoms with Crippen LogP contribution in [0, 0.1) is 39.9 Å². The summed E-state index contributed by atoms with van der Waals surface area (Å²) in [7, 11) is 0. The minimum absolute atomic E-state index is 0. The van der Waals surface area contributed by atoms with Gasteiger partial charge in [0.05, 0.1) is 22.7 Å². The van der Waals surface area contributed by atoms with Gasteiger partial charge in [0.25, 0.3) is 0 Å². The molecule has 0 spiro atoms. The molecule has 8 nitrogen and oxygen atoms in total. The summed E-state index contributed by atoms with van der Waals surface area (Å²) in [6, 6.07) is 9.84. The molecule has 25 heavy (non-hydrogen) atoms. The maximum atomic E-state index is 10.3. The number of hydrogen-bond acceptors (Lipinski definition) is 5. The van der Waals surface area contributed by atoms with Crippen molar-refractivity contribution in [3.63, 3.8) is 0 Å². The second-order valence-corrected chi connectivity index (χ2v) is 4.36. The summed E-state index contributed by atoms with van der Waals surface area (Å²) in [6.45, 7) is 0. The summed E-state index contributed by atoms with van der Waals surface area (Å²) in [5, 5.41) is 35.6. The van der Waals surface area contributed by atoms with Crippen molar-refractivity contribution in [2.45, 2.75) is 0 Å². The summed E-state index contributed by atoms with van der Waals surface area (Å²) in [5.74, 6) is -4.52. The van der Waals surface area contributed by atoms with Gasteiger partial charge in [0.15, 0.2) is 0 Å². The van der Waals surface area contributed by atoms with Gasteiger partial charge in [0.2, 0.25) is 0 Å². The summed E-state index contributed by atoms with van der Waals surface area (Å²) in [6.07, 6.45) is 0. The van der Waals surface area contributed by atoms with Crippen molar-refractivity contribution >= 4 is 23.9 Å². The summed E-state index contributed by atoms with van der Waals surface area (Å²) in [5.41, 5.74) is 0.194. The van der Waals surface area contributed by atoms with Crippen molar-refractivity contribution in [3.05, 3.63) is 70.8 Å². The van der Waals surface area contributed by atoms with Gasteiger partial charge in [-0.05, 0) is 42.0 Å². The zero-order chi connectivity index (χ0) is 18.3. The van der Waals surface area contributed by atoms with Gasteiger partial charge >= 0.3 is 17.9 Å². The fourth-order valence-electron chi connectivity index (χ4n) is 1.50. The van der Waals surface area contributed by atoms with Gasteiger partial charge in [-0.25, -0.2) is 14.4 Å². The molecule has 0 fully saturated rings. The van der Waals surface area contributed by atoms with Crippen LogP contribution in [-0.4, -0.2) is 39.2 Å². The third-order valence-corrected chi connectivity index (χ3v) is 2.75. The van der Waals surface area contributed by atoms with Crippen LogP contribution in [0.5, 0.6) is 0 Å². The standard InChI is InChI=1S/2C8H6O4.Th/c2*9-7(10)5-1-2-6(4-3-5)8(11)12;/h2*1-4H,(H,9,10)(H,11,12);/p-1. The topological polar surface area (TPSA) is 152 Å². The average Bonchev–Trinajstić information content (AvgIpc) is 2.55. The molecule has 0 aliphatic rings. The molecule has 0 aliphatic carbocycles. The molecular formula is C16H11O8Th-. The van der Waals surface area contributed by atoms with Gasteiger partial charge in [-0.3, -0.25) is 0 Å². The molecule has 2 aromatic carbocycles. The Morgan fingerprint density at radius 3 is 0.920 bits per heavy atom. The average molecular weight is 563 g/mol. The van der Waals surface area contributed by atoms with Gasteiger partial charge in [0, 0.05) is 39.9 Å². The zero-order valence-electron chi connectivity index (χ0n) is 12.5. The number of rotatable bonds is 4. The molecule has 9 heteroatoms. The van der Waals surface area contributed by atoms with E-state index in [0.29, 0.717) is 0 Å². The largest absolute Gasteiger partial charge is 0.545 e. The Kier molecular flexibility index (Phi) is 9.51. The minimum atomic E-state index is -1.31. The molecule has 0 unspecified atom stereocenters. The SMILES string of the molecule is O=C(O)c1ccc(C(=O)O)cc1.O=C([O-])c1ccc(C(=O)O)cc1.[Th]. The summed E-state index contributed by atoms with van der Waals surface area (Å²) >= 11 is 0. The Morgan fingerprint density at radius 1 is 0.560 bits per heavy atom. The van der Waals surface area contributed by atoms with Gasteiger partial charge < -0.3 is 25.2 Å². The van der Waals surface area contributed by atoms with E-state index in [-0.39, 0.29) is 62.2 Å². The normalized spacial score (nSPS) is 8.96. The Hall–Kier alpha value is -2.36. The second kappa shape index (κ2) is 10.5. The molecule has 128 valence electrons. The van der Waals surface area contributed by atoms with Crippen LogP contribution < -0.4 is 5.11 Å². The van der Waals surface area contributed by atoms with Crippen LogP contribution in [0.2, 0.25) is 0 Å². The number of carbonyl (C=O) groups is 4. The molecule has 0 saturated carbocycles. The van der Waals surface area contributed by atoms with Crippen molar-refractivity contribution in [1.82, 2.24) is 0 Å². The molecule has 0 radical (unpaired) electrons. The third-order valence-electron chi connectivity index (χ3n) is 2.75. The Bertz CT molecular complexity index is 632. The molecule has 0 aliphatic heterocycles. The van der Waals surface area contributed by atoms with Crippen LogP contribution in [0.15, 0.2) is 48.5 Å². The molecule has 0 saturated heterocycles. The second-order valence-electron chi connectivity index (χ2n) is 4.36. The van der Waals surface area contributed by atoms with Crippen molar-refractivity contribution in [1.29, 1.82) is 0 Å². The first-order chi connectivity index (χ1) is 11.2.